The first-order chi connectivity index (χ1) is 7.63. The molecule has 0 atom stereocenters. The number of Topliss-reactive ketones (excluding diaryl/α,β-unsaturated/α-hetero) is 1. The van der Waals surface area contributed by atoms with Crippen LogP contribution in [-0.4, -0.2) is 30.9 Å². The van der Waals surface area contributed by atoms with Crippen molar-refractivity contribution in [2.75, 3.05) is 14.2 Å². The van der Waals surface area contributed by atoms with Crippen molar-refractivity contribution in [2.24, 2.45) is 5.16 Å². The van der Waals surface area contributed by atoms with Crippen molar-refractivity contribution >= 4 is 23.9 Å². The van der Waals surface area contributed by atoms with Crippen LogP contribution in [0, 0.1) is 0 Å². The minimum atomic E-state index is -0.404. The van der Waals surface area contributed by atoms with Crippen LogP contribution in [0.1, 0.15) is 17.3 Å². The van der Waals surface area contributed by atoms with Gasteiger partial charge in [0.1, 0.15) is 17.2 Å². The zero-order valence-electron chi connectivity index (χ0n) is 9.76. The molecule has 0 aliphatic rings. The van der Waals surface area contributed by atoms with Crippen LogP contribution in [0.15, 0.2) is 23.4 Å². The van der Waals surface area contributed by atoms with E-state index in [0.717, 1.165) is 0 Å². The van der Waals surface area contributed by atoms with E-state index in [9.17, 15) is 4.79 Å². The maximum absolute atomic E-state index is 11.8. The summed E-state index contributed by atoms with van der Waals surface area (Å²) in [6, 6.07) is 4.84. The molecule has 0 aliphatic carbocycles. The Kier molecular flexibility index (Phi) is 6.06. The Hall–Kier alpha value is -1.75. The molecule has 0 fully saturated rings. The lowest BCUT2D eigenvalue weighted by molar-refractivity contribution is 0.105. The summed E-state index contributed by atoms with van der Waals surface area (Å²) in [6.45, 7) is 1.42. The Balaban J connectivity index is 0.00000256. The number of carbonyl (C=O) groups excluding carboxylic acids is 1. The van der Waals surface area contributed by atoms with Crippen LogP contribution in [0.3, 0.4) is 0 Å². The lowest BCUT2D eigenvalue weighted by atomic mass is 10.1. The highest BCUT2D eigenvalue weighted by Gasteiger charge is 2.16. The Morgan fingerprint density at radius 1 is 1.29 bits per heavy atom. The smallest absolute Gasteiger partial charge is 0.214 e. The van der Waals surface area contributed by atoms with E-state index in [2.05, 4.69) is 5.16 Å². The first-order valence-electron chi connectivity index (χ1n) is 4.59. The third kappa shape index (κ3) is 3.35. The number of ketones is 1. The maximum Gasteiger partial charge on any atom is 0.214 e. The molecule has 94 valence electrons. The molecule has 0 aromatic heterocycles. The molecule has 0 radical (unpaired) electrons. The molecule has 0 saturated heterocycles. The Bertz CT molecular complexity index is 431. The maximum atomic E-state index is 11.8. The third-order valence-corrected chi connectivity index (χ3v) is 2.13. The van der Waals surface area contributed by atoms with E-state index in [1.807, 2.05) is 0 Å². The summed E-state index contributed by atoms with van der Waals surface area (Å²) < 4.78 is 10.1. The number of oxime groups is 1. The van der Waals surface area contributed by atoms with E-state index in [1.165, 1.54) is 27.2 Å². The van der Waals surface area contributed by atoms with Gasteiger partial charge in [-0.05, 0) is 25.1 Å². The highest BCUT2D eigenvalue weighted by Crippen LogP contribution is 2.24. The number of hydrogen-bond acceptors (Lipinski definition) is 5. The highest BCUT2D eigenvalue weighted by molar-refractivity contribution is 6.45. The normalized spacial score (nSPS) is 10.4. The molecular formula is C11H14ClNO4. The van der Waals surface area contributed by atoms with E-state index in [-0.39, 0.29) is 18.1 Å². The molecule has 0 amide bonds. The second-order valence-electron chi connectivity index (χ2n) is 3.08. The van der Waals surface area contributed by atoms with Crippen LogP contribution in [0.5, 0.6) is 11.5 Å². The monoisotopic (exact) mass is 259 g/mol. The van der Waals surface area contributed by atoms with Gasteiger partial charge in [-0.15, -0.1) is 12.4 Å². The van der Waals surface area contributed by atoms with E-state index in [0.29, 0.717) is 17.1 Å². The average molecular weight is 260 g/mol. The predicted octanol–water partition coefficient (Wildman–Crippen LogP) is 2.16. The molecule has 0 bridgehead atoms. The third-order valence-electron chi connectivity index (χ3n) is 2.13. The molecule has 6 heteroatoms. The standard InChI is InChI=1S/C11H13NO4.ClH/c1-7(12-14)11(13)9-6-8(15-2)4-5-10(9)16-3;/h4-6,14H,1-3H3;1H. The summed E-state index contributed by atoms with van der Waals surface area (Å²) in [5.74, 6) is 0.543. The van der Waals surface area contributed by atoms with E-state index in [4.69, 9.17) is 14.7 Å². The topological polar surface area (TPSA) is 68.1 Å². The number of rotatable bonds is 4. The molecular weight excluding hydrogens is 246 g/mol. The van der Waals surface area contributed by atoms with Crippen LogP contribution >= 0.6 is 12.4 Å². The van der Waals surface area contributed by atoms with Crippen molar-refractivity contribution in [3.8, 4) is 11.5 Å². The fourth-order valence-electron chi connectivity index (χ4n) is 1.23. The van der Waals surface area contributed by atoms with Crippen LogP contribution < -0.4 is 9.47 Å². The summed E-state index contributed by atoms with van der Waals surface area (Å²) >= 11 is 0. The Morgan fingerprint density at radius 3 is 2.41 bits per heavy atom. The fraction of sp³-hybridized carbons (Fsp3) is 0.273. The lowest BCUT2D eigenvalue weighted by Gasteiger charge is -2.08. The van der Waals surface area contributed by atoms with Crippen LogP contribution in [-0.2, 0) is 0 Å². The Labute approximate surface area is 105 Å². The number of carbonyl (C=O) groups is 1. The molecule has 1 aromatic rings. The average Bonchev–Trinajstić information content (AvgIpc) is 2.35. The summed E-state index contributed by atoms with van der Waals surface area (Å²) in [5, 5.41) is 11.4. The summed E-state index contributed by atoms with van der Waals surface area (Å²) in [4.78, 5) is 11.8. The molecule has 0 spiro atoms. The van der Waals surface area contributed by atoms with Gasteiger partial charge in [0.15, 0.2) is 0 Å². The second-order valence-corrected chi connectivity index (χ2v) is 3.08. The zero-order valence-corrected chi connectivity index (χ0v) is 10.6. The molecule has 0 heterocycles. The van der Waals surface area contributed by atoms with Gasteiger partial charge in [0.25, 0.3) is 0 Å². The first-order valence-corrected chi connectivity index (χ1v) is 4.59. The molecule has 17 heavy (non-hydrogen) atoms. The molecule has 0 unspecified atom stereocenters. The molecule has 1 aromatic carbocycles. The quantitative estimate of drug-likeness (QED) is 0.389. The van der Waals surface area contributed by atoms with Gasteiger partial charge in [0.05, 0.1) is 19.8 Å². The predicted molar refractivity (Wildman–Crippen MR) is 66.0 cm³/mol. The number of ether oxygens (including phenoxy) is 2. The number of hydrogen-bond donors (Lipinski definition) is 1. The SMILES string of the molecule is COc1ccc(OC)c(C(=O)C(C)=NO)c1.Cl. The second kappa shape index (κ2) is 6.75. The highest BCUT2D eigenvalue weighted by atomic mass is 35.5. The van der Waals surface area contributed by atoms with Gasteiger partial charge in [0.2, 0.25) is 5.78 Å². The lowest BCUT2D eigenvalue weighted by Crippen LogP contribution is -2.12. The van der Waals surface area contributed by atoms with E-state index >= 15 is 0 Å². The molecule has 5 nitrogen and oxygen atoms in total. The largest absolute Gasteiger partial charge is 0.497 e. The van der Waals surface area contributed by atoms with Crippen molar-refractivity contribution < 1.29 is 19.5 Å². The van der Waals surface area contributed by atoms with Gasteiger partial charge in [-0.2, -0.15) is 0 Å². The van der Waals surface area contributed by atoms with Gasteiger partial charge in [-0.3, -0.25) is 4.79 Å². The van der Waals surface area contributed by atoms with Gasteiger partial charge in [0, 0.05) is 0 Å². The van der Waals surface area contributed by atoms with Crippen LogP contribution in [0.4, 0.5) is 0 Å². The number of nitrogens with zero attached hydrogens (tertiary/aromatic N) is 1. The van der Waals surface area contributed by atoms with Crippen molar-refractivity contribution in [2.45, 2.75) is 6.92 Å². The zero-order chi connectivity index (χ0) is 12.1. The van der Waals surface area contributed by atoms with E-state index in [1.54, 1.807) is 12.1 Å². The van der Waals surface area contributed by atoms with Gasteiger partial charge in [-0.25, -0.2) is 0 Å². The molecule has 0 saturated carbocycles. The van der Waals surface area contributed by atoms with Crippen LogP contribution in [0.2, 0.25) is 0 Å². The Morgan fingerprint density at radius 2 is 1.94 bits per heavy atom. The fourth-order valence-corrected chi connectivity index (χ4v) is 1.23. The number of halogens is 1. The summed E-state index contributed by atoms with van der Waals surface area (Å²) in [5.41, 5.74) is 0.295. The number of methoxy groups -OCH3 is 2. The first kappa shape index (κ1) is 15.2. The van der Waals surface area contributed by atoms with E-state index < -0.39 is 5.78 Å². The number of benzene rings is 1. The van der Waals surface area contributed by atoms with Crippen molar-refractivity contribution in [1.82, 2.24) is 0 Å². The molecule has 1 N–H and O–H groups in total. The van der Waals surface area contributed by atoms with Crippen molar-refractivity contribution in [3.05, 3.63) is 23.8 Å². The minimum Gasteiger partial charge on any atom is -0.497 e. The van der Waals surface area contributed by atoms with Gasteiger partial charge < -0.3 is 14.7 Å². The van der Waals surface area contributed by atoms with Crippen molar-refractivity contribution in [1.29, 1.82) is 0 Å². The molecule has 0 aliphatic heterocycles. The molecule has 1 rings (SSSR count). The van der Waals surface area contributed by atoms with Crippen molar-refractivity contribution in [3.63, 3.8) is 0 Å². The summed E-state index contributed by atoms with van der Waals surface area (Å²) in [6.07, 6.45) is 0. The van der Waals surface area contributed by atoms with Gasteiger partial charge >= 0.3 is 0 Å². The minimum absolute atomic E-state index is 0. The summed E-state index contributed by atoms with van der Waals surface area (Å²) in [7, 11) is 2.97. The van der Waals surface area contributed by atoms with Gasteiger partial charge in [-0.1, -0.05) is 5.16 Å². The van der Waals surface area contributed by atoms with Crippen LogP contribution in [0.25, 0.3) is 0 Å².